The fourth-order valence-electron chi connectivity index (χ4n) is 2.40. The van der Waals surface area contributed by atoms with Crippen molar-refractivity contribution in [3.63, 3.8) is 0 Å². The number of nitriles is 1. The Morgan fingerprint density at radius 3 is 2.71 bits per heavy atom. The number of alkyl halides is 1. The molecule has 3 heteroatoms. The average Bonchev–Trinajstić information content (AvgIpc) is 2.78. The summed E-state index contributed by atoms with van der Waals surface area (Å²) >= 11 is 6.20. The zero-order valence-corrected chi connectivity index (χ0v) is 9.00. The highest BCUT2D eigenvalue weighted by Gasteiger charge is 2.42. The van der Waals surface area contributed by atoms with Crippen molar-refractivity contribution in [2.45, 2.75) is 49.5 Å². The molecule has 0 radical (unpaired) electrons. The van der Waals surface area contributed by atoms with E-state index in [4.69, 9.17) is 16.9 Å². The first-order chi connectivity index (χ1) is 6.64. The summed E-state index contributed by atoms with van der Waals surface area (Å²) in [5.41, 5.74) is 0. The molecule has 2 rings (SSSR count). The van der Waals surface area contributed by atoms with Gasteiger partial charge < -0.3 is 5.11 Å². The largest absolute Gasteiger partial charge is 0.392 e. The zero-order valence-electron chi connectivity index (χ0n) is 8.25. The maximum atomic E-state index is 9.55. The maximum absolute atomic E-state index is 9.55. The summed E-state index contributed by atoms with van der Waals surface area (Å²) in [5, 5.41) is 18.5. The van der Waals surface area contributed by atoms with E-state index >= 15 is 0 Å². The van der Waals surface area contributed by atoms with Gasteiger partial charge in [-0.2, -0.15) is 5.26 Å². The van der Waals surface area contributed by atoms with Crippen LogP contribution >= 0.6 is 11.6 Å². The van der Waals surface area contributed by atoms with Crippen molar-refractivity contribution in [2.75, 3.05) is 0 Å². The van der Waals surface area contributed by atoms with E-state index in [0.29, 0.717) is 5.92 Å². The van der Waals surface area contributed by atoms with Crippen LogP contribution in [-0.4, -0.2) is 16.1 Å². The number of hydrogen-bond donors (Lipinski definition) is 1. The summed E-state index contributed by atoms with van der Waals surface area (Å²) in [6, 6.07) is 2.23. The van der Waals surface area contributed by atoms with Crippen molar-refractivity contribution in [2.24, 2.45) is 11.8 Å². The van der Waals surface area contributed by atoms with Gasteiger partial charge in [-0.3, -0.25) is 0 Å². The van der Waals surface area contributed by atoms with E-state index in [1.807, 2.05) is 0 Å². The van der Waals surface area contributed by atoms with Gasteiger partial charge in [0.15, 0.2) is 0 Å². The number of rotatable bonds is 3. The van der Waals surface area contributed by atoms with Crippen LogP contribution < -0.4 is 0 Å². The van der Waals surface area contributed by atoms with Gasteiger partial charge in [0, 0.05) is 4.87 Å². The Hall–Kier alpha value is -0.260. The van der Waals surface area contributed by atoms with Crippen LogP contribution in [0.3, 0.4) is 0 Å². The van der Waals surface area contributed by atoms with Gasteiger partial charge in [0.25, 0.3) is 0 Å². The van der Waals surface area contributed by atoms with Gasteiger partial charge in [0.1, 0.15) is 0 Å². The molecule has 0 amide bonds. The molecule has 3 atom stereocenters. The van der Waals surface area contributed by atoms with Crippen LogP contribution in [0.2, 0.25) is 0 Å². The molecule has 1 unspecified atom stereocenters. The fraction of sp³-hybridized carbons (Fsp3) is 0.909. The normalized spacial score (nSPS) is 39.4. The lowest BCUT2D eigenvalue weighted by Crippen LogP contribution is -2.18. The van der Waals surface area contributed by atoms with Gasteiger partial charge in [-0.05, 0) is 44.4 Å². The van der Waals surface area contributed by atoms with Crippen molar-refractivity contribution >= 4 is 11.6 Å². The summed E-state index contributed by atoms with van der Waals surface area (Å²) < 4.78 is 0. The second-order valence-electron chi connectivity index (χ2n) is 4.75. The van der Waals surface area contributed by atoms with E-state index in [1.165, 1.54) is 0 Å². The van der Waals surface area contributed by atoms with Gasteiger partial charge in [0.2, 0.25) is 0 Å². The van der Waals surface area contributed by atoms with Crippen LogP contribution in [0.1, 0.15) is 38.5 Å². The molecule has 0 aromatic rings. The van der Waals surface area contributed by atoms with E-state index in [2.05, 4.69) is 6.07 Å². The molecule has 1 N–H and O–H groups in total. The van der Waals surface area contributed by atoms with Gasteiger partial charge >= 0.3 is 0 Å². The van der Waals surface area contributed by atoms with E-state index in [1.54, 1.807) is 0 Å². The van der Waals surface area contributed by atoms with Crippen LogP contribution in [0.15, 0.2) is 0 Å². The predicted octanol–water partition coefficient (Wildman–Crippen LogP) is 2.45. The minimum absolute atomic E-state index is 0.0630. The van der Waals surface area contributed by atoms with Crippen molar-refractivity contribution < 1.29 is 5.11 Å². The number of aliphatic hydroxyl groups excluding tert-OH is 1. The third kappa shape index (κ3) is 2.04. The number of aliphatic hydroxyl groups is 1. The van der Waals surface area contributed by atoms with Crippen LogP contribution in [0, 0.1) is 23.2 Å². The molecule has 78 valence electrons. The lowest BCUT2D eigenvalue weighted by atomic mass is 9.91. The SMILES string of the molecule is N#CC1[C@@H](CCC2(Cl)CC2)CC[C@@H]1O. The molecule has 2 saturated carbocycles. The molecule has 2 fully saturated rings. The Balaban J connectivity index is 1.83. The number of hydrogen-bond acceptors (Lipinski definition) is 2. The molecule has 2 aliphatic carbocycles. The van der Waals surface area contributed by atoms with Gasteiger partial charge in [0.05, 0.1) is 18.1 Å². The van der Waals surface area contributed by atoms with Crippen molar-refractivity contribution in [3.8, 4) is 6.07 Å². The molecule has 0 aliphatic heterocycles. The highest BCUT2D eigenvalue weighted by Crippen LogP contribution is 2.48. The molecule has 0 heterocycles. The van der Waals surface area contributed by atoms with Gasteiger partial charge in [-0.25, -0.2) is 0 Å². The van der Waals surface area contributed by atoms with Crippen LogP contribution in [0.5, 0.6) is 0 Å². The van der Waals surface area contributed by atoms with Gasteiger partial charge in [-0.15, -0.1) is 11.6 Å². The smallest absolute Gasteiger partial charge is 0.0750 e. The predicted molar refractivity (Wildman–Crippen MR) is 54.9 cm³/mol. The first-order valence-corrected chi connectivity index (χ1v) is 5.79. The topological polar surface area (TPSA) is 44.0 Å². The molecular formula is C11H16ClNO. The quantitative estimate of drug-likeness (QED) is 0.732. The first-order valence-electron chi connectivity index (χ1n) is 5.41. The molecular weight excluding hydrogens is 198 g/mol. The Bertz CT molecular complexity index is 257. The monoisotopic (exact) mass is 213 g/mol. The number of halogens is 1. The molecule has 0 spiro atoms. The molecule has 2 aliphatic rings. The standard InChI is InChI=1S/C11H16ClNO/c12-11(5-6-11)4-3-8-1-2-10(14)9(8)7-13/h8-10,14H,1-6H2/t8-,9?,10+/m1/s1. The minimum Gasteiger partial charge on any atom is -0.392 e. The highest BCUT2D eigenvalue weighted by atomic mass is 35.5. The van der Waals surface area contributed by atoms with Crippen LogP contribution in [-0.2, 0) is 0 Å². The van der Waals surface area contributed by atoms with E-state index in [-0.39, 0.29) is 10.8 Å². The van der Waals surface area contributed by atoms with Crippen molar-refractivity contribution in [1.29, 1.82) is 5.26 Å². The Morgan fingerprint density at radius 1 is 1.43 bits per heavy atom. The summed E-state index contributed by atoms with van der Waals surface area (Å²) in [6.07, 6.45) is 5.67. The lowest BCUT2D eigenvalue weighted by Gasteiger charge is -2.16. The highest BCUT2D eigenvalue weighted by molar-refractivity contribution is 6.25. The zero-order chi connectivity index (χ0) is 10.2. The summed E-state index contributed by atoms with van der Waals surface area (Å²) in [7, 11) is 0. The van der Waals surface area contributed by atoms with Crippen LogP contribution in [0.4, 0.5) is 0 Å². The Morgan fingerprint density at radius 2 is 2.14 bits per heavy atom. The Kier molecular flexibility index (Phi) is 2.72. The minimum atomic E-state index is -0.393. The molecule has 0 bridgehead atoms. The van der Waals surface area contributed by atoms with E-state index in [9.17, 15) is 5.11 Å². The van der Waals surface area contributed by atoms with Crippen molar-refractivity contribution in [3.05, 3.63) is 0 Å². The first kappa shape index (κ1) is 10.3. The second-order valence-corrected chi connectivity index (χ2v) is 5.55. The second kappa shape index (κ2) is 3.72. The van der Waals surface area contributed by atoms with Gasteiger partial charge in [-0.1, -0.05) is 0 Å². The van der Waals surface area contributed by atoms with E-state index in [0.717, 1.165) is 38.5 Å². The third-order valence-corrected chi connectivity index (χ3v) is 4.23. The molecule has 0 aromatic carbocycles. The summed E-state index contributed by atoms with van der Waals surface area (Å²) in [6.45, 7) is 0. The maximum Gasteiger partial charge on any atom is 0.0750 e. The van der Waals surface area contributed by atoms with E-state index < -0.39 is 6.10 Å². The molecule has 14 heavy (non-hydrogen) atoms. The average molecular weight is 214 g/mol. The lowest BCUT2D eigenvalue weighted by molar-refractivity contribution is 0.143. The third-order valence-electron chi connectivity index (χ3n) is 3.66. The summed E-state index contributed by atoms with van der Waals surface area (Å²) in [5.74, 6) is 0.236. The summed E-state index contributed by atoms with van der Waals surface area (Å²) in [4.78, 5) is 0.0630. The molecule has 2 nitrogen and oxygen atoms in total. The molecule has 0 aromatic heterocycles. The molecule has 0 saturated heterocycles. The van der Waals surface area contributed by atoms with Crippen molar-refractivity contribution in [1.82, 2.24) is 0 Å². The fourth-order valence-corrected chi connectivity index (χ4v) is 2.61. The Labute approximate surface area is 89.9 Å². The number of nitrogens with zero attached hydrogens (tertiary/aromatic N) is 1. The van der Waals surface area contributed by atoms with Crippen LogP contribution in [0.25, 0.3) is 0 Å².